The summed E-state index contributed by atoms with van der Waals surface area (Å²) in [6.07, 6.45) is 72.6. The number of hydrogen-bond acceptors (Lipinski definition) is 6. The van der Waals surface area contributed by atoms with Crippen molar-refractivity contribution in [3.05, 3.63) is 48.6 Å². The number of allylic oxidation sites excluding steroid dienone is 8. The Hall–Kier alpha value is -2.63. The second-order valence-electron chi connectivity index (χ2n) is 20.6. The molecule has 0 saturated carbocycles. The van der Waals surface area contributed by atoms with E-state index in [9.17, 15) is 14.4 Å². The molecule has 0 aromatic rings. The van der Waals surface area contributed by atoms with Gasteiger partial charge >= 0.3 is 17.9 Å². The summed E-state index contributed by atoms with van der Waals surface area (Å²) in [5.74, 6) is -0.869. The molecule has 0 aliphatic heterocycles. The zero-order chi connectivity index (χ0) is 50.7. The number of unbranched alkanes of at least 4 members (excludes halogenated alkanes) is 37. The van der Waals surface area contributed by atoms with Gasteiger partial charge in [-0.1, -0.05) is 275 Å². The highest BCUT2D eigenvalue weighted by atomic mass is 16.6. The highest BCUT2D eigenvalue weighted by Crippen LogP contribution is 2.17. The lowest BCUT2D eigenvalue weighted by atomic mass is 10.0. The van der Waals surface area contributed by atoms with Gasteiger partial charge in [0.05, 0.1) is 0 Å². The molecule has 0 aromatic heterocycles. The fraction of sp³-hybridized carbons (Fsp3) is 0.828. The second-order valence-corrected chi connectivity index (χ2v) is 20.6. The summed E-state index contributed by atoms with van der Waals surface area (Å²) in [6.45, 7) is 6.62. The van der Waals surface area contributed by atoms with E-state index in [0.717, 1.165) is 77.0 Å². The van der Waals surface area contributed by atoms with Gasteiger partial charge in [-0.2, -0.15) is 0 Å². The third-order valence-electron chi connectivity index (χ3n) is 13.6. The lowest BCUT2D eigenvalue weighted by molar-refractivity contribution is -0.167. The molecule has 0 fully saturated rings. The summed E-state index contributed by atoms with van der Waals surface area (Å²) < 4.78 is 16.9. The first-order valence-corrected chi connectivity index (χ1v) is 30.6. The average Bonchev–Trinajstić information content (AvgIpc) is 3.36. The monoisotopic (exact) mass is 981 g/mol. The zero-order valence-electron chi connectivity index (χ0n) is 46.8. The molecule has 6 nitrogen and oxygen atoms in total. The van der Waals surface area contributed by atoms with Crippen molar-refractivity contribution >= 4 is 17.9 Å². The largest absolute Gasteiger partial charge is 0.462 e. The topological polar surface area (TPSA) is 78.9 Å². The standard InChI is InChI=1S/C64H116O6/c1-4-7-10-13-16-19-22-24-26-27-28-29-30-31-32-33-34-35-36-37-38-40-42-45-48-51-54-57-63(66)69-60-61(59-68-62(65)56-53-50-47-44-41-21-18-15-12-9-6-3)70-64(67)58-55-52-49-46-43-39-25-23-20-17-14-11-8-5-2/h15,18,22,24,27-28,30-31,61H,4-14,16-17,19-21,23,25-26,29,32-60H2,1-3H3/b18-15-,24-22-,28-27-,31-30-. The molecule has 0 heterocycles. The second kappa shape index (κ2) is 58.9. The lowest BCUT2D eigenvalue weighted by Crippen LogP contribution is -2.30. The van der Waals surface area contributed by atoms with Crippen molar-refractivity contribution in [1.29, 1.82) is 0 Å². The van der Waals surface area contributed by atoms with Gasteiger partial charge in [0.2, 0.25) is 0 Å². The molecule has 0 radical (unpaired) electrons. The van der Waals surface area contributed by atoms with E-state index in [1.54, 1.807) is 0 Å². The van der Waals surface area contributed by atoms with Crippen molar-refractivity contribution < 1.29 is 28.6 Å². The summed E-state index contributed by atoms with van der Waals surface area (Å²) in [5, 5.41) is 0. The fourth-order valence-electron chi connectivity index (χ4n) is 8.90. The number of carbonyl (C=O) groups excluding carboxylic acids is 3. The van der Waals surface area contributed by atoms with Crippen LogP contribution in [0.3, 0.4) is 0 Å². The summed E-state index contributed by atoms with van der Waals surface area (Å²) in [4.78, 5) is 38.1. The van der Waals surface area contributed by atoms with Crippen LogP contribution in [0.1, 0.15) is 323 Å². The van der Waals surface area contributed by atoms with Crippen LogP contribution in [0.15, 0.2) is 48.6 Å². The van der Waals surface area contributed by atoms with Gasteiger partial charge in [-0.3, -0.25) is 14.4 Å². The molecule has 1 atom stereocenters. The van der Waals surface area contributed by atoms with Crippen LogP contribution in [-0.2, 0) is 28.6 Å². The first kappa shape index (κ1) is 67.4. The van der Waals surface area contributed by atoms with Gasteiger partial charge in [0.25, 0.3) is 0 Å². The first-order valence-electron chi connectivity index (χ1n) is 30.6. The molecule has 0 amide bonds. The van der Waals surface area contributed by atoms with E-state index in [4.69, 9.17) is 14.2 Å². The molecule has 0 rings (SSSR count). The van der Waals surface area contributed by atoms with Crippen molar-refractivity contribution in [3.8, 4) is 0 Å². The van der Waals surface area contributed by atoms with E-state index in [1.807, 2.05) is 0 Å². The Kier molecular flexibility index (Phi) is 56.7. The van der Waals surface area contributed by atoms with E-state index in [1.165, 1.54) is 205 Å². The Morgan fingerprint density at radius 3 is 0.857 bits per heavy atom. The Morgan fingerprint density at radius 1 is 0.286 bits per heavy atom. The molecular weight excluding hydrogens is 865 g/mol. The Labute approximate surface area is 435 Å². The number of esters is 3. The predicted molar refractivity (Wildman–Crippen MR) is 302 cm³/mol. The van der Waals surface area contributed by atoms with Crippen LogP contribution in [-0.4, -0.2) is 37.2 Å². The maximum Gasteiger partial charge on any atom is 0.306 e. The van der Waals surface area contributed by atoms with E-state index in [2.05, 4.69) is 69.4 Å². The molecule has 0 aliphatic rings. The average molecular weight is 982 g/mol. The van der Waals surface area contributed by atoms with E-state index < -0.39 is 6.10 Å². The molecular formula is C64H116O6. The van der Waals surface area contributed by atoms with Crippen LogP contribution in [0, 0.1) is 0 Å². The highest BCUT2D eigenvalue weighted by molar-refractivity contribution is 5.71. The van der Waals surface area contributed by atoms with Gasteiger partial charge in [0, 0.05) is 19.3 Å². The Bertz CT molecular complexity index is 1220. The van der Waals surface area contributed by atoms with E-state index in [0.29, 0.717) is 19.3 Å². The quantitative estimate of drug-likeness (QED) is 0.0261. The fourth-order valence-corrected chi connectivity index (χ4v) is 8.90. The van der Waals surface area contributed by atoms with Crippen molar-refractivity contribution in [2.45, 2.75) is 329 Å². The molecule has 0 aromatic carbocycles. The number of rotatable bonds is 56. The molecule has 1 unspecified atom stereocenters. The third-order valence-corrected chi connectivity index (χ3v) is 13.6. The minimum Gasteiger partial charge on any atom is -0.462 e. The van der Waals surface area contributed by atoms with Crippen molar-refractivity contribution in [3.63, 3.8) is 0 Å². The van der Waals surface area contributed by atoms with Crippen LogP contribution in [0.2, 0.25) is 0 Å². The van der Waals surface area contributed by atoms with Gasteiger partial charge < -0.3 is 14.2 Å². The molecule has 6 heteroatoms. The minimum absolute atomic E-state index is 0.0732. The van der Waals surface area contributed by atoms with Crippen LogP contribution in [0.5, 0.6) is 0 Å². The van der Waals surface area contributed by atoms with Crippen molar-refractivity contribution in [2.24, 2.45) is 0 Å². The first-order chi connectivity index (χ1) is 34.5. The molecule has 70 heavy (non-hydrogen) atoms. The summed E-state index contributed by atoms with van der Waals surface area (Å²) in [7, 11) is 0. The van der Waals surface area contributed by atoms with Gasteiger partial charge in [-0.05, 0) is 77.0 Å². The zero-order valence-corrected chi connectivity index (χ0v) is 46.8. The maximum absolute atomic E-state index is 12.8. The van der Waals surface area contributed by atoms with Gasteiger partial charge in [0.1, 0.15) is 13.2 Å². The Balaban J connectivity index is 4.19. The third kappa shape index (κ3) is 56.3. The maximum atomic E-state index is 12.8. The highest BCUT2D eigenvalue weighted by Gasteiger charge is 2.19. The number of carbonyl (C=O) groups is 3. The van der Waals surface area contributed by atoms with Crippen LogP contribution >= 0.6 is 0 Å². The normalized spacial score (nSPS) is 12.3. The van der Waals surface area contributed by atoms with Gasteiger partial charge in [0.15, 0.2) is 6.10 Å². The molecule has 0 N–H and O–H groups in total. The van der Waals surface area contributed by atoms with E-state index in [-0.39, 0.29) is 31.1 Å². The molecule has 0 bridgehead atoms. The van der Waals surface area contributed by atoms with Crippen LogP contribution in [0.4, 0.5) is 0 Å². The van der Waals surface area contributed by atoms with Crippen molar-refractivity contribution in [2.75, 3.05) is 13.2 Å². The summed E-state index contributed by atoms with van der Waals surface area (Å²) in [6, 6.07) is 0. The van der Waals surface area contributed by atoms with Gasteiger partial charge in [-0.15, -0.1) is 0 Å². The van der Waals surface area contributed by atoms with Gasteiger partial charge in [-0.25, -0.2) is 0 Å². The minimum atomic E-state index is -0.774. The summed E-state index contributed by atoms with van der Waals surface area (Å²) in [5.41, 5.74) is 0. The van der Waals surface area contributed by atoms with Crippen LogP contribution in [0.25, 0.3) is 0 Å². The van der Waals surface area contributed by atoms with Crippen LogP contribution < -0.4 is 0 Å². The number of hydrogen-bond donors (Lipinski definition) is 0. The molecule has 408 valence electrons. The lowest BCUT2D eigenvalue weighted by Gasteiger charge is -2.18. The Morgan fingerprint density at radius 2 is 0.529 bits per heavy atom. The predicted octanol–water partition coefficient (Wildman–Crippen LogP) is 20.6. The molecule has 0 spiro atoms. The van der Waals surface area contributed by atoms with E-state index >= 15 is 0 Å². The number of ether oxygens (including phenoxy) is 3. The summed E-state index contributed by atoms with van der Waals surface area (Å²) >= 11 is 0. The molecule has 0 saturated heterocycles. The molecule has 0 aliphatic carbocycles. The SMILES string of the molecule is CCCC/C=C\CCCCCCCC(=O)OCC(COC(=O)CCCCCCCCCCCCCC/C=C\C/C=C\C/C=C\CCCCCCC)OC(=O)CCCCCCCCCCCCCCCC. The smallest absolute Gasteiger partial charge is 0.306 e. The van der Waals surface area contributed by atoms with Crippen molar-refractivity contribution in [1.82, 2.24) is 0 Å².